The molecule has 24 heavy (non-hydrogen) atoms. The van der Waals surface area contributed by atoms with Gasteiger partial charge in [-0.25, -0.2) is 4.39 Å². The molecule has 1 fully saturated rings. The number of anilines is 1. The first-order valence-electron chi connectivity index (χ1n) is 7.57. The van der Waals surface area contributed by atoms with Crippen molar-refractivity contribution in [2.75, 3.05) is 18.6 Å². The molecule has 3 rings (SSSR count). The van der Waals surface area contributed by atoms with E-state index >= 15 is 0 Å². The number of carbonyl (C=O) groups is 2. The van der Waals surface area contributed by atoms with E-state index in [0.29, 0.717) is 12.3 Å². The maximum atomic E-state index is 13.2. The summed E-state index contributed by atoms with van der Waals surface area (Å²) in [5.41, 5.74) is 0.994. The first-order chi connectivity index (χ1) is 11.6. The number of halogens is 1. The van der Waals surface area contributed by atoms with Crippen molar-refractivity contribution in [2.45, 2.75) is 12.5 Å². The summed E-state index contributed by atoms with van der Waals surface area (Å²) in [7, 11) is 1.58. The largest absolute Gasteiger partial charge is 0.497 e. The van der Waals surface area contributed by atoms with Crippen LogP contribution in [-0.4, -0.2) is 31.5 Å². The molecule has 0 unspecified atom stereocenters. The van der Waals surface area contributed by atoms with Crippen molar-refractivity contribution in [1.29, 1.82) is 0 Å². The molecule has 1 aliphatic rings. The predicted octanol–water partition coefficient (Wildman–Crippen LogP) is 2.37. The summed E-state index contributed by atoms with van der Waals surface area (Å²) in [5.74, 6) is -0.208. The highest BCUT2D eigenvalue weighted by Gasteiger charge is 2.31. The molecular formula is C18H17FN2O3. The highest BCUT2D eigenvalue weighted by molar-refractivity contribution is 5.99. The molecular weight excluding hydrogens is 311 g/mol. The lowest BCUT2D eigenvalue weighted by atomic mass is 10.2. The van der Waals surface area contributed by atoms with Gasteiger partial charge in [0.15, 0.2) is 0 Å². The second-order valence-electron chi connectivity index (χ2n) is 5.59. The lowest BCUT2D eigenvalue weighted by Crippen LogP contribution is -2.37. The number of benzene rings is 2. The molecule has 0 aromatic heterocycles. The predicted molar refractivity (Wildman–Crippen MR) is 87.6 cm³/mol. The van der Waals surface area contributed by atoms with Gasteiger partial charge in [-0.3, -0.25) is 9.59 Å². The number of nitrogens with zero attached hydrogens (tertiary/aromatic N) is 1. The number of nitrogens with one attached hydrogen (secondary N) is 1. The zero-order valence-corrected chi connectivity index (χ0v) is 13.2. The Hall–Kier alpha value is -2.89. The Bertz CT molecular complexity index is 761. The van der Waals surface area contributed by atoms with Gasteiger partial charge in [0.2, 0.25) is 5.91 Å². The van der Waals surface area contributed by atoms with Crippen LogP contribution in [0.3, 0.4) is 0 Å². The van der Waals surface area contributed by atoms with Gasteiger partial charge < -0.3 is 15.0 Å². The van der Waals surface area contributed by atoms with Crippen LogP contribution in [0.25, 0.3) is 0 Å². The minimum Gasteiger partial charge on any atom is -0.497 e. The monoisotopic (exact) mass is 328 g/mol. The summed E-state index contributed by atoms with van der Waals surface area (Å²) in [6.45, 7) is 0.381. The third-order valence-corrected chi connectivity index (χ3v) is 3.93. The number of carbonyl (C=O) groups excluding carboxylic acids is 2. The lowest BCUT2D eigenvalue weighted by Gasteiger charge is -2.17. The normalized spacial score (nSPS) is 17.0. The molecule has 0 radical (unpaired) electrons. The van der Waals surface area contributed by atoms with Crippen LogP contribution in [-0.2, 0) is 4.79 Å². The van der Waals surface area contributed by atoms with Crippen molar-refractivity contribution in [3.8, 4) is 5.75 Å². The topological polar surface area (TPSA) is 58.6 Å². The van der Waals surface area contributed by atoms with Gasteiger partial charge in [-0.15, -0.1) is 0 Å². The van der Waals surface area contributed by atoms with Crippen molar-refractivity contribution in [3.05, 3.63) is 59.9 Å². The molecule has 1 heterocycles. The summed E-state index contributed by atoms with van der Waals surface area (Å²) < 4.78 is 18.3. The first-order valence-corrected chi connectivity index (χ1v) is 7.57. The average Bonchev–Trinajstić information content (AvgIpc) is 2.95. The van der Waals surface area contributed by atoms with Crippen molar-refractivity contribution >= 4 is 17.5 Å². The lowest BCUT2D eigenvalue weighted by molar-refractivity contribution is -0.117. The van der Waals surface area contributed by atoms with Crippen molar-refractivity contribution in [3.63, 3.8) is 0 Å². The molecule has 2 aromatic carbocycles. The number of rotatable bonds is 4. The molecule has 124 valence electrons. The van der Waals surface area contributed by atoms with Crippen LogP contribution >= 0.6 is 0 Å². The van der Waals surface area contributed by atoms with Gasteiger partial charge in [0.05, 0.1) is 13.2 Å². The van der Waals surface area contributed by atoms with E-state index in [1.54, 1.807) is 36.3 Å². The standard InChI is InChI=1S/C18H17FN2O3/c1-24-16-7-5-15(6-8-16)21-11-14(10-17(21)22)20-18(23)12-3-2-4-13(19)9-12/h2-9,14H,10-11H2,1H3,(H,20,23)/t14-/m1/s1. The Morgan fingerprint density at radius 3 is 2.67 bits per heavy atom. The molecule has 1 N–H and O–H groups in total. The highest BCUT2D eigenvalue weighted by Crippen LogP contribution is 2.24. The van der Waals surface area contributed by atoms with E-state index in [0.717, 1.165) is 5.69 Å². The van der Waals surface area contributed by atoms with Crippen LogP contribution < -0.4 is 15.0 Å². The molecule has 0 bridgehead atoms. The summed E-state index contributed by atoms with van der Waals surface area (Å²) in [6.07, 6.45) is 0.215. The summed E-state index contributed by atoms with van der Waals surface area (Å²) >= 11 is 0. The quantitative estimate of drug-likeness (QED) is 0.937. The smallest absolute Gasteiger partial charge is 0.251 e. The van der Waals surface area contributed by atoms with E-state index in [4.69, 9.17) is 4.74 Å². The van der Waals surface area contributed by atoms with Crippen molar-refractivity contribution in [1.82, 2.24) is 5.32 Å². The molecule has 1 atom stereocenters. The number of hydrogen-bond acceptors (Lipinski definition) is 3. The van der Waals surface area contributed by atoms with Crippen LogP contribution in [0.2, 0.25) is 0 Å². The second kappa shape index (κ2) is 6.70. The molecule has 5 nitrogen and oxygen atoms in total. The van der Waals surface area contributed by atoms with E-state index in [2.05, 4.69) is 5.32 Å². The van der Waals surface area contributed by atoms with E-state index in [-0.39, 0.29) is 29.8 Å². The van der Waals surface area contributed by atoms with E-state index in [1.165, 1.54) is 24.3 Å². The number of hydrogen-bond donors (Lipinski definition) is 1. The van der Waals surface area contributed by atoms with Gasteiger partial charge in [0.25, 0.3) is 5.91 Å². The zero-order valence-electron chi connectivity index (χ0n) is 13.2. The van der Waals surface area contributed by atoms with Gasteiger partial charge in [-0.1, -0.05) is 6.07 Å². The molecule has 1 saturated heterocycles. The number of amides is 2. The number of ether oxygens (including phenoxy) is 1. The Morgan fingerprint density at radius 1 is 1.25 bits per heavy atom. The molecule has 2 aromatic rings. The van der Waals surface area contributed by atoms with Crippen LogP contribution in [0.15, 0.2) is 48.5 Å². The first kappa shape index (κ1) is 16.0. The highest BCUT2D eigenvalue weighted by atomic mass is 19.1. The van der Waals surface area contributed by atoms with Gasteiger partial charge in [0, 0.05) is 24.2 Å². The van der Waals surface area contributed by atoms with Gasteiger partial charge in [-0.05, 0) is 42.5 Å². The zero-order chi connectivity index (χ0) is 17.1. The van der Waals surface area contributed by atoms with Crippen LogP contribution in [0.1, 0.15) is 16.8 Å². The average molecular weight is 328 g/mol. The Balaban J connectivity index is 1.67. The Morgan fingerprint density at radius 2 is 2.00 bits per heavy atom. The molecule has 0 aliphatic carbocycles. The van der Waals surface area contributed by atoms with Gasteiger partial charge in [-0.2, -0.15) is 0 Å². The molecule has 6 heteroatoms. The summed E-state index contributed by atoms with van der Waals surface area (Å²) in [5, 5.41) is 2.78. The third kappa shape index (κ3) is 3.37. The summed E-state index contributed by atoms with van der Waals surface area (Å²) in [6, 6.07) is 12.3. The van der Waals surface area contributed by atoms with Gasteiger partial charge in [0.1, 0.15) is 11.6 Å². The fourth-order valence-electron chi connectivity index (χ4n) is 2.71. The van der Waals surface area contributed by atoms with E-state index < -0.39 is 5.82 Å². The maximum absolute atomic E-state index is 13.2. The molecule has 2 amide bonds. The molecule has 0 spiro atoms. The third-order valence-electron chi connectivity index (χ3n) is 3.93. The van der Waals surface area contributed by atoms with E-state index in [9.17, 15) is 14.0 Å². The number of methoxy groups -OCH3 is 1. The minimum absolute atomic E-state index is 0.0651. The van der Waals surface area contributed by atoms with Crippen LogP contribution in [0, 0.1) is 5.82 Å². The Kier molecular flexibility index (Phi) is 4.46. The Labute approximate surface area is 139 Å². The fraction of sp³-hybridized carbons (Fsp3) is 0.222. The summed E-state index contributed by atoms with van der Waals surface area (Å²) in [4.78, 5) is 26.0. The van der Waals surface area contributed by atoms with E-state index in [1.807, 2.05) is 0 Å². The molecule has 0 saturated carbocycles. The minimum atomic E-state index is -0.468. The van der Waals surface area contributed by atoms with Crippen molar-refractivity contribution in [2.24, 2.45) is 0 Å². The molecule has 1 aliphatic heterocycles. The maximum Gasteiger partial charge on any atom is 0.251 e. The van der Waals surface area contributed by atoms with Gasteiger partial charge >= 0.3 is 0 Å². The van der Waals surface area contributed by atoms with Crippen LogP contribution in [0.5, 0.6) is 5.75 Å². The second-order valence-corrected chi connectivity index (χ2v) is 5.59. The van der Waals surface area contributed by atoms with Crippen molar-refractivity contribution < 1.29 is 18.7 Å². The SMILES string of the molecule is COc1ccc(N2C[C@H](NC(=O)c3cccc(F)c3)CC2=O)cc1. The van der Waals surface area contributed by atoms with Crippen LogP contribution in [0.4, 0.5) is 10.1 Å². The fourth-order valence-corrected chi connectivity index (χ4v) is 2.71.